The van der Waals surface area contributed by atoms with Gasteiger partial charge in [0, 0.05) is 19.3 Å². The van der Waals surface area contributed by atoms with Gasteiger partial charge < -0.3 is 14.2 Å². The van der Waals surface area contributed by atoms with Crippen molar-refractivity contribution in [3.63, 3.8) is 0 Å². The van der Waals surface area contributed by atoms with E-state index in [0.29, 0.717) is 19.3 Å². The van der Waals surface area contributed by atoms with E-state index in [-0.39, 0.29) is 31.1 Å². The second kappa shape index (κ2) is 55.7. The van der Waals surface area contributed by atoms with Crippen molar-refractivity contribution in [2.45, 2.75) is 297 Å². The topological polar surface area (TPSA) is 78.9 Å². The van der Waals surface area contributed by atoms with Gasteiger partial charge in [0.1, 0.15) is 13.2 Å². The summed E-state index contributed by atoms with van der Waals surface area (Å²) in [4.78, 5) is 38.1. The lowest BCUT2D eigenvalue weighted by atomic mass is 10.0. The van der Waals surface area contributed by atoms with Gasteiger partial charge in [-0.2, -0.15) is 0 Å². The predicted molar refractivity (Wildman–Crippen MR) is 288 cm³/mol. The van der Waals surface area contributed by atoms with Crippen molar-refractivity contribution < 1.29 is 28.6 Å². The van der Waals surface area contributed by atoms with E-state index in [1.165, 1.54) is 148 Å². The van der Waals surface area contributed by atoms with Gasteiger partial charge in [-0.25, -0.2) is 0 Å². The van der Waals surface area contributed by atoms with Crippen LogP contribution in [0.2, 0.25) is 0 Å². The van der Waals surface area contributed by atoms with Crippen LogP contribution in [0.15, 0.2) is 60.8 Å². The Bertz CT molecular complexity index is 1210. The van der Waals surface area contributed by atoms with Crippen LogP contribution in [0.1, 0.15) is 290 Å². The number of carbonyl (C=O) groups is 3. The van der Waals surface area contributed by atoms with Crippen LogP contribution in [0.5, 0.6) is 0 Å². The Morgan fingerprint density at radius 1 is 0.299 bits per heavy atom. The molecule has 0 radical (unpaired) electrons. The molecule has 0 spiro atoms. The Morgan fingerprint density at radius 3 is 0.910 bits per heavy atom. The summed E-state index contributed by atoms with van der Waals surface area (Å²) < 4.78 is 16.8. The predicted octanol–water partition coefficient (Wildman–Crippen LogP) is 19.2. The SMILES string of the molecule is CCCC/C=C/C/C=C/CCCCCCCC(=O)OC[C@H](COC(=O)CCCCCCCCCCCCCCCCCCCC)OC(=O)CCCCCC/C=C/C/C=C/C/C=C/CCCCC. The average Bonchev–Trinajstić information content (AvgIpc) is 3.33. The van der Waals surface area contributed by atoms with E-state index in [9.17, 15) is 14.4 Å². The lowest BCUT2D eigenvalue weighted by molar-refractivity contribution is -0.167. The molecule has 0 N–H and O–H groups in total. The molecular formula is C61H108O6. The van der Waals surface area contributed by atoms with Crippen LogP contribution < -0.4 is 0 Å². The second-order valence-corrected chi connectivity index (χ2v) is 19.2. The Balaban J connectivity index is 4.40. The first kappa shape index (κ1) is 64.1. The Morgan fingerprint density at radius 2 is 0.552 bits per heavy atom. The van der Waals surface area contributed by atoms with Crippen molar-refractivity contribution in [1.82, 2.24) is 0 Å². The quantitative estimate of drug-likeness (QED) is 0.0262. The van der Waals surface area contributed by atoms with Crippen LogP contribution in [0.3, 0.4) is 0 Å². The molecule has 0 saturated carbocycles. The third-order valence-electron chi connectivity index (χ3n) is 12.5. The highest BCUT2D eigenvalue weighted by Crippen LogP contribution is 2.16. The molecule has 6 heteroatoms. The van der Waals surface area contributed by atoms with Gasteiger partial charge in [0.15, 0.2) is 6.10 Å². The van der Waals surface area contributed by atoms with Crippen molar-refractivity contribution >= 4 is 17.9 Å². The van der Waals surface area contributed by atoms with E-state index < -0.39 is 6.10 Å². The molecule has 0 unspecified atom stereocenters. The monoisotopic (exact) mass is 937 g/mol. The smallest absolute Gasteiger partial charge is 0.306 e. The zero-order valence-corrected chi connectivity index (χ0v) is 44.4. The number of carbonyl (C=O) groups excluding carboxylic acids is 3. The molecule has 0 fully saturated rings. The lowest BCUT2D eigenvalue weighted by Crippen LogP contribution is -2.30. The molecule has 0 saturated heterocycles. The number of unbranched alkanes of at least 4 members (excludes halogenated alkanes) is 31. The molecule has 6 nitrogen and oxygen atoms in total. The molecule has 0 aliphatic heterocycles. The number of ether oxygens (including phenoxy) is 3. The lowest BCUT2D eigenvalue weighted by Gasteiger charge is -2.18. The maximum absolute atomic E-state index is 12.8. The highest BCUT2D eigenvalue weighted by molar-refractivity contribution is 5.71. The Hall–Kier alpha value is -2.89. The molecule has 388 valence electrons. The largest absolute Gasteiger partial charge is 0.462 e. The van der Waals surface area contributed by atoms with E-state index in [0.717, 1.165) is 103 Å². The first-order valence-corrected chi connectivity index (χ1v) is 28.8. The van der Waals surface area contributed by atoms with E-state index in [2.05, 4.69) is 81.5 Å². The van der Waals surface area contributed by atoms with Gasteiger partial charge in [-0.3, -0.25) is 14.4 Å². The zero-order chi connectivity index (χ0) is 48.6. The standard InChI is InChI=1S/C61H108O6/c1-4-7-10-13-16-19-22-25-28-30-32-33-36-39-42-45-48-51-54-60(63)66-57-58(56-65-59(62)53-50-47-44-41-38-35-27-24-21-18-15-12-9-6-3)67-61(64)55-52-49-46-43-40-37-34-31-29-26-23-20-17-14-11-8-5-2/h15,17-18,20,24,26-27,29,34,37,58H,4-14,16,19,21-23,25,28,30-33,35-36,38-57H2,1-3H3/b18-15+,20-17+,27-24+,29-26+,37-34+/t58-/m1/s1. The van der Waals surface area contributed by atoms with Crippen molar-refractivity contribution in [1.29, 1.82) is 0 Å². The van der Waals surface area contributed by atoms with Crippen LogP contribution in [-0.4, -0.2) is 37.2 Å². The summed E-state index contributed by atoms with van der Waals surface area (Å²) in [6.45, 7) is 6.57. The number of hydrogen-bond acceptors (Lipinski definition) is 6. The number of rotatable bonds is 52. The second-order valence-electron chi connectivity index (χ2n) is 19.2. The first-order valence-electron chi connectivity index (χ1n) is 28.8. The van der Waals surface area contributed by atoms with Crippen molar-refractivity contribution in [2.75, 3.05) is 13.2 Å². The van der Waals surface area contributed by atoms with Gasteiger partial charge >= 0.3 is 17.9 Å². The summed E-state index contributed by atoms with van der Waals surface area (Å²) in [6.07, 6.45) is 69.2. The molecule has 1 atom stereocenters. The summed E-state index contributed by atoms with van der Waals surface area (Å²) in [5, 5.41) is 0. The maximum atomic E-state index is 12.8. The average molecular weight is 938 g/mol. The van der Waals surface area contributed by atoms with Crippen molar-refractivity contribution in [3.05, 3.63) is 60.8 Å². The molecule has 0 aromatic carbocycles. The Labute approximate surface area is 415 Å². The van der Waals surface area contributed by atoms with Gasteiger partial charge in [-0.05, 0) is 83.5 Å². The van der Waals surface area contributed by atoms with Crippen molar-refractivity contribution in [3.8, 4) is 0 Å². The molecule has 0 bridgehead atoms. The minimum absolute atomic E-state index is 0.0856. The summed E-state index contributed by atoms with van der Waals surface area (Å²) in [5.41, 5.74) is 0. The number of allylic oxidation sites excluding steroid dienone is 10. The summed E-state index contributed by atoms with van der Waals surface area (Å²) in [6, 6.07) is 0. The van der Waals surface area contributed by atoms with E-state index in [1.807, 2.05) is 0 Å². The minimum Gasteiger partial charge on any atom is -0.462 e. The van der Waals surface area contributed by atoms with E-state index in [1.54, 1.807) is 0 Å². The molecule has 0 rings (SSSR count). The van der Waals surface area contributed by atoms with Gasteiger partial charge in [0.2, 0.25) is 0 Å². The van der Waals surface area contributed by atoms with Gasteiger partial charge in [-0.1, -0.05) is 248 Å². The minimum atomic E-state index is -0.790. The molecular weight excluding hydrogens is 829 g/mol. The third-order valence-corrected chi connectivity index (χ3v) is 12.5. The fraction of sp³-hybridized carbons (Fsp3) is 0.787. The van der Waals surface area contributed by atoms with Crippen LogP contribution in [0.4, 0.5) is 0 Å². The van der Waals surface area contributed by atoms with Crippen molar-refractivity contribution in [2.24, 2.45) is 0 Å². The van der Waals surface area contributed by atoms with Crippen LogP contribution >= 0.6 is 0 Å². The Kier molecular flexibility index (Phi) is 53.3. The van der Waals surface area contributed by atoms with E-state index in [4.69, 9.17) is 14.2 Å². The molecule has 0 aliphatic rings. The normalized spacial score (nSPS) is 12.5. The van der Waals surface area contributed by atoms with Gasteiger partial charge in [-0.15, -0.1) is 0 Å². The van der Waals surface area contributed by atoms with Gasteiger partial charge in [0.05, 0.1) is 0 Å². The molecule has 0 aromatic rings. The maximum Gasteiger partial charge on any atom is 0.306 e. The summed E-state index contributed by atoms with van der Waals surface area (Å²) in [5.74, 6) is -0.910. The molecule has 0 aromatic heterocycles. The third kappa shape index (κ3) is 53.9. The number of hydrogen-bond donors (Lipinski definition) is 0. The zero-order valence-electron chi connectivity index (χ0n) is 44.4. The molecule has 0 amide bonds. The van der Waals surface area contributed by atoms with E-state index >= 15 is 0 Å². The summed E-state index contributed by atoms with van der Waals surface area (Å²) in [7, 11) is 0. The van der Waals surface area contributed by atoms with Crippen LogP contribution in [0, 0.1) is 0 Å². The van der Waals surface area contributed by atoms with Crippen LogP contribution in [-0.2, 0) is 28.6 Å². The molecule has 0 aliphatic carbocycles. The molecule has 67 heavy (non-hydrogen) atoms. The number of esters is 3. The van der Waals surface area contributed by atoms with Crippen LogP contribution in [0.25, 0.3) is 0 Å². The van der Waals surface area contributed by atoms with Gasteiger partial charge in [0.25, 0.3) is 0 Å². The highest BCUT2D eigenvalue weighted by Gasteiger charge is 2.19. The molecule has 0 heterocycles. The fourth-order valence-corrected chi connectivity index (χ4v) is 8.11. The fourth-order valence-electron chi connectivity index (χ4n) is 8.11. The summed E-state index contributed by atoms with van der Waals surface area (Å²) >= 11 is 0. The highest BCUT2D eigenvalue weighted by atomic mass is 16.6. The first-order chi connectivity index (χ1) is 33.0.